The average molecular weight is 277 g/mol. The molecule has 0 heterocycles. The smallest absolute Gasteiger partial charge is 0.308 e. The summed E-state index contributed by atoms with van der Waals surface area (Å²) in [6, 6.07) is 6.49. The van der Waals surface area contributed by atoms with Crippen LogP contribution in [0.5, 0.6) is 5.75 Å². The summed E-state index contributed by atoms with van der Waals surface area (Å²) in [6.07, 6.45) is 3.21. The van der Waals surface area contributed by atoms with Gasteiger partial charge in [-0.2, -0.15) is 0 Å². The van der Waals surface area contributed by atoms with Gasteiger partial charge in [-0.3, -0.25) is 9.59 Å². The molecule has 0 aliphatic heterocycles. The summed E-state index contributed by atoms with van der Waals surface area (Å²) in [6.45, 7) is 0. The molecule has 2 atom stereocenters. The van der Waals surface area contributed by atoms with Crippen LogP contribution >= 0.6 is 0 Å². The summed E-state index contributed by atoms with van der Waals surface area (Å²) in [5, 5.41) is 12.0. The van der Waals surface area contributed by atoms with Gasteiger partial charge < -0.3 is 15.2 Å². The van der Waals surface area contributed by atoms with Crippen LogP contribution in [0.3, 0.4) is 0 Å². The normalized spacial score (nSPS) is 22.1. The van der Waals surface area contributed by atoms with E-state index in [-0.39, 0.29) is 11.9 Å². The fraction of sp³-hybridized carbons (Fsp3) is 0.467. The van der Waals surface area contributed by atoms with Gasteiger partial charge in [0.05, 0.1) is 13.0 Å². The molecule has 2 rings (SSSR count). The predicted octanol–water partition coefficient (Wildman–Crippen LogP) is 2.07. The molecule has 1 saturated carbocycles. The van der Waals surface area contributed by atoms with Crippen LogP contribution in [-0.4, -0.2) is 30.1 Å². The van der Waals surface area contributed by atoms with Crippen molar-refractivity contribution >= 4 is 11.9 Å². The highest BCUT2D eigenvalue weighted by Crippen LogP contribution is 2.25. The van der Waals surface area contributed by atoms with Gasteiger partial charge in [0.25, 0.3) is 5.91 Å². The summed E-state index contributed by atoms with van der Waals surface area (Å²) in [4.78, 5) is 23.3. The van der Waals surface area contributed by atoms with Crippen LogP contribution in [0, 0.1) is 5.92 Å². The third-order valence-electron chi connectivity index (χ3n) is 3.75. The molecule has 0 aromatic heterocycles. The molecule has 1 aromatic carbocycles. The number of aliphatic carboxylic acids is 1. The van der Waals surface area contributed by atoms with Crippen LogP contribution in [-0.2, 0) is 4.79 Å². The maximum Gasteiger partial charge on any atom is 0.308 e. The largest absolute Gasteiger partial charge is 0.497 e. The molecular weight excluding hydrogens is 258 g/mol. The minimum Gasteiger partial charge on any atom is -0.497 e. The topological polar surface area (TPSA) is 75.6 Å². The van der Waals surface area contributed by atoms with Crippen molar-refractivity contribution in [3.63, 3.8) is 0 Å². The van der Waals surface area contributed by atoms with E-state index in [0.717, 1.165) is 19.3 Å². The van der Waals surface area contributed by atoms with Gasteiger partial charge >= 0.3 is 5.97 Å². The van der Waals surface area contributed by atoms with E-state index >= 15 is 0 Å². The first kappa shape index (κ1) is 14.4. The summed E-state index contributed by atoms with van der Waals surface area (Å²) < 4.78 is 5.04. The van der Waals surface area contributed by atoms with E-state index < -0.39 is 11.9 Å². The Morgan fingerprint density at radius 3 is 2.45 bits per heavy atom. The van der Waals surface area contributed by atoms with Crippen LogP contribution in [0.1, 0.15) is 36.0 Å². The fourth-order valence-corrected chi connectivity index (χ4v) is 2.59. The fourth-order valence-electron chi connectivity index (χ4n) is 2.59. The molecule has 2 N–H and O–H groups in total. The lowest BCUT2D eigenvalue weighted by Gasteiger charge is -2.29. The number of methoxy groups -OCH3 is 1. The number of nitrogens with one attached hydrogen (secondary N) is 1. The molecule has 108 valence electrons. The molecule has 20 heavy (non-hydrogen) atoms. The number of hydrogen-bond donors (Lipinski definition) is 2. The Morgan fingerprint density at radius 1 is 1.20 bits per heavy atom. The van der Waals surface area contributed by atoms with Crippen molar-refractivity contribution in [3.05, 3.63) is 29.8 Å². The number of carboxylic acid groups (broad SMARTS) is 1. The van der Waals surface area contributed by atoms with E-state index in [2.05, 4.69) is 5.32 Å². The number of benzene rings is 1. The molecule has 1 amide bonds. The number of carboxylic acids is 1. The molecule has 1 aromatic rings. The molecule has 1 aliphatic carbocycles. The van der Waals surface area contributed by atoms with Gasteiger partial charge in [-0.1, -0.05) is 12.8 Å². The van der Waals surface area contributed by atoms with Crippen LogP contribution in [0.4, 0.5) is 0 Å². The highest BCUT2D eigenvalue weighted by molar-refractivity contribution is 5.94. The minimum atomic E-state index is -0.829. The lowest BCUT2D eigenvalue weighted by atomic mass is 9.84. The quantitative estimate of drug-likeness (QED) is 0.883. The van der Waals surface area contributed by atoms with Gasteiger partial charge in [0.1, 0.15) is 5.75 Å². The van der Waals surface area contributed by atoms with E-state index in [4.69, 9.17) is 4.74 Å². The molecule has 1 aliphatic rings. The van der Waals surface area contributed by atoms with Gasteiger partial charge in [0.15, 0.2) is 0 Å². The van der Waals surface area contributed by atoms with Crippen molar-refractivity contribution < 1.29 is 19.4 Å². The second kappa shape index (κ2) is 6.41. The van der Waals surface area contributed by atoms with Gasteiger partial charge in [0, 0.05) is 11.6 Å². The predicted molar refractivity (Wildman–Crippen MR) is 73.8 cm³/mol. The molecule has 0 spiro atoms. The van der Waals surface area contributed by atoms with Gasteiger partial charge in [-0.05, 0) is 37.1 Å². The maximum atomic E-state index is 12.1. The van der Waals surface area contributed by atoms with E-state index in [1.165, 1.54) is 0 Å². The van der Waals surface area contributed by atoms with Gasteiger partial charge in [-0.15, -0.1) is 0 Å². The number of ether oxygens (including phenoxy) is 1. The number of rotatable bonds is 4. The molecule has 0 saturated heterocycles. The first-order chi connectivity index (χ1) is 9.61. The summed E-state index contributed by atoms with van der Waals surface area (Å²) in [5.41, 5.74) is 0.514. The standard InChI is InChI=1S/C15H19NO4/c1-20-11-8-6-10(7-9-11)14(17)16-13-5-3-2-4-12(13)15(18)19/h6-9,12-13H,2-5H2,1H3,(H,16,17)(H,18,19). The molecule has 0 bridgehead atoms. The Balaban J connectivity index is 2.03. The highest BCUT2D eigenvalue weighted by atomic mass is 16.5. The Bertz CT molecular complexity index is 483. The van der Waals surface area contributed by atoms with Crippen LogP contribution in [0.25, 0.3) is 0 Å². The molecule has 5 nitrogen and oxygen atoms in total. The Hall–Kier alpha value is -2.04. The summed E-state index contributed by atoms with van der Waals surface area (Å²) in [7, 11) is 1.56. The lowest BCUT2D eigenvalue weighted by Crippen LogP contribution is -2.45. The molecule has 5 heteroatoms. The number of amides is 1. The van der Waals surface area contributed by atoms with Crippen LogP contribution in [0.15, 0.2) is 24.3 Å². The summed E-state index contributed by atoms with van der Waals surface area (Å²) in [5.74, 6) is -0.857. The average Bonchev–Trinajstić information content (AvgIpc) is 2.47. The van der Waals surface area contributed by atoms with Crippen molar-refractivity contribution in [1.29, 1.82) is 0 Å². The number of carbonyl (C=O) groups is 2. The number of hydrogen-bond acceptors (Lipinski definition) is 3. The van der Waals surface area contributed by atoms with E-state index in [1.54, 1.807) is 31.4 Å². The van der Waals surface area contributed by atoms with E-state index in [1.807, 2.05) is 0 Å². The van der Waals surface area contributed by atoms with Crippen LogP contribution < -0.4 is 10.1 Å². The van der Waals surface area contributed by atoms with Crippen molar-refractivity contribution in [2.45, 2.75) is 31.7 Å². The molecular formula is C15H19NO4. The van der Waals surface area contributed by atoms with Gasteiger partial charge in [-0.25, -0.2) is 0 Å². The van der Waals surface area contributed by atoms with Gasteiger partial charge in [0.2, 0.25) is 0 Å². The zero-order chi connectivity index (χ0) is 14.5. The zero-order valence-corrected chi connectivity index (χ0v) is 11.5. The Morgan fingerprint density at radius 2 is 1.85 bits per heavy atom. The van der Waals surface area contributed by atoms with Crippen molar-refractivity contribution in [3.8, 4) is 5.75 Å². The number of carbonyl (C=O) groups excluding carboxylic acids is 1. The second-order valence-corrected chi connectivity index (χ2v) is 5.04. The van der Waals surface area contributed by atoms with E-state index in [0.29, 0.717) is 17.7 Å². The minimum absolute atomic E-state index is 0.231. The third-order valence-corrected chi connectivity index (χ3v) is 3.75. The van der Waals surface area contributed by atoms with Crippen LogP contribution in [0.2, 0.25) is 0 Å². The molecule has 0 radical (unpaired) electrons. The second-order valence-electron chi connectivity index (χ2n) is 5.04. The van der Waals surface area contributed by atoms with Crippen molar-refractivity contribution in [1.82, 2.24) is 5.32 Å². The van der Waals surface area contributed by atoms with Crippen molar-refractivity contribution in [2.24, 2.45) is 5.92 Å². The highest BCUT2D eigenvalue weighted by Gasteiger charge is 2.31. The SMILES string of the molecule is COc1ccc(C(=O)NC2CCCCC2C(=O)O)cc1. The molecule has 1 fully saturated rings. The maximum absolute atomic E-state index is 12.1. The zero-order valence-electron chi connectivity index (χ0n) is 11.5. The molecule has 2 unspecified atom stereocenters. The first-order valence-electron chi connectivity index (χ1n) is 6.79. The van der Waals surface area contributed by atoms with E-state index in [9.17, 15) is 14.7 Å². The lowest BCUT2D eigenvalue weighted by molar-refractivity contribution is -0.143. The Labute approximate surface area is 117 Å². The summed E-state index contributed by atoms with van der Waals surface area (Å²) >= 11 is 0. The third kappa shape index (κ3) is 3.29. The Kier molecular flexibility index (Phi) is 4.61. The monoisotopic (exact) mass is 277 g/mol. The first-order valence-corrected chi connectivity index (χ1v) is 6.79. The van der Waals surface area contributed by atoms with Crippen molar-refractivity contribution in [2.75, 3.05) is 7.11 Å².